The Morgan fingerprint density at radius 2 is 0.647 bits per heavy atom. The van der Waals surface area contributed by atoms with Crippen LogP contribution < -0.4 is 14.2 Å². The van der Waals surface area contributed by atoms with Crippen LogP contribution in [0.5, 0.6) is 17.2 Å². The quantitative estimate of drug-likeness (QED) is 0.0936. The fraction of sp³-hybridized carbons (Fsp3) is 0.500. The number of benzene rings is 3. The van der Waals surface area contributed by atoms with Crippen LogP contribution in [0.3, 0.4) is 0 Å². The van der Waals surface area contributed by atoms with Crippen molar-refractivity contribution in [3.8, 4) is 17.2 Å². The van der Waals surface area contributed by atoms with Crippen molar-refractivity contribution in [2.45, 2.75) is 39.6 Å². The van der Waals surface area contributed by atoms with Gasteiger partial charge in [0.2, 0.25) is 0 Å². The maximum atomic E-state index is 6.32. The second-order valence-corrected chi connectivity index (χ2v) is 13.9. The molecule has 1 heterocycles. The van der Waals surface area contributed by atoms with Gasteiger partial charge in [0, 0.05) is 68.1 Å². The molecule has 0 radical (unpaired) electrons. The van der Waals surface area contributed by atoms with Crippen molar-refractivity contribution in [1.29, 1.82) is 0 Å². The molecule has 15 heteroatoms. The zero-order valence-corrected chi connectivity index (χ0v) is 33.9. The van der Waals surface area contributed by atoms with Crippen molar-refractivity contribution in [2.75, 3.05) is 81.3 Å². The average molecular weight is 909 g/mol. The first kappa shape index (κ1) is 41.9. The molecule has 0 saturated heterocycles. The normalized spacial score (nSPS) is 13.8. The summed E-state index contributed by atoms with van der Waals surface area (Å²) >= 11 is 11.0. The highest BCUT2D eigenvalue weighted by Gasteiger charge is 2.19. The highest BCUT2D eigenvalue weighted by molar-refractivity contribution is 9.11. The minimum Gasteiger partial charge on any atom is -0.467 e. The number of rotatable bonds is 18. The third kappa shape index (κ3) is 14.1. The number of hydrogen-bond acceptors (Lipinski definition) is 12. The molecule has 0 aromatic heterocycles. The van der Waals surface area contributed by atoms with Gasteiger partial charge in [-0.25, -0.2) is 0 Å². The summed E-state index contributed by atoms with van der Waals surface area (Å²) in [6, 6.07) is 11.8. The zero-order chi connectivity index (χ0) is 36.3. The molecular weight excluding hydrogens is 864 g/mol. The highest BCUT2D eigenvalue weighted by atomic mass is 79.9. The van der Waals surface area contributed by atoms with Gasteiger partial charge in [0.1, 0.15) is 17.2 Å². The summed E-state index contributed by atoms with van der Waals surface area (Å²) in [6.45, 7) is 4.00. The Labute approximate surface area is 324 Å². The van der Waals surface area contributed by atoms with Crippen LogP contribution in [0.1, 0.15) is 33.4 Å². The fourth-order valence-electron chi connectivity index (χ4n) is 5.05. The van der Waals surface area contributed by atoms with Gasteiger partial charge in [0.05, 0.1) is 79.3 Å². The third-order valence-electron chi connectivity index (χ3n) is 7.32. The lowest BCUT2D eigenvalue weighted by atomic mass is 10.1. The second-order valence-electron chi connectivity index (χ2n) is 11.1. The van der Waals surface area contributed by atoms with E-state index in [1.165, 1.54) is 0 Å². The van der Waals surface area contributed by atoms with E-state index in [2.05, 4.69) is 47.8 Å². The molecule has 3 aromatic rings. The molecule has 0 N–H and O–H groups in total. The van der Waals surface area contributed by atoms with Crippen LogP contribution in [0.2, 0.25) is 0 Å². The van der Waals surface area contributed by atoms with E-state index in [0.717, 1.165) is 46.8 Å². The average Bonchev–Trinajstić information content (AvgIpc) is 3.10. The Morgan fingerprint density at radius 3 is 0.863 bits per heavy atom. The van der Waals surface area contributed by atoms with Crippen LogP contribution in [0.25, 0.3) is 0 Å². The molecule has 0 unspecified atom stereocenters. The molecule has 282 valence electrons. The Balaban J connectivity index is 1.71. The monoisotopic (exact) mass is 906 g/mol. The molecule has 0 aliphatic carbocycles. The first-order chi connectivity index (χ1) is 24.9. The van der Waals surface area contributed by atoms with Crippen molar-refractivity contribution in [2.24, 2.45) is 0 Å². The highest BCUT2D eigenvalue weighted by Crippen LogP contribution is 2.35. The first-order valence-corrected chi connectivity index (χ1v) is 18.6. The van der Waals surface area contributed by atoms with Crippen molar-refractivity contribution in [3.05, 3.63) is 83.2 Å². The van der Waals surface area contributed by atoms with E-state index in [1.807, 2.05) is 36.4 Å². The molecule has 6 bridgehead atoms. The SMILES string of the molecule is COCCOCOc1c2cc(Br)cc1COCc1cc(Br)cc(c1OCOCCOC)COCc1cc(Br)cc(c1OCOCCOC)COC2. The Bertz CT molecular complexity index is 1240. The molecule has 1 aliphatic rings. The molecule has 3 aromatic carbocycles. The first-order valence-electron chi connectivity index (χ1n) is 16.2. The van der Waals surface area contributed by atoms with Gasteiger partial charge in [0.25, 0.3) is 0 Å². The number of fused-ring (bicyclic) bond motifs is 6. The maximum Gasteiger partial charge on any atom is 0.189 e. The molecule has 12 nitrogen and oxygen atoms in total. The molecule has 0 amide bonds. The molecule has 51 heavy (non-hydrogen) atoms. The molecule has 0 spiro atoms. The van der Waals surface area contributed by atoms with E-state index in [4.69, 9.17) is 56.8 Å². The summed E-state index contributed by atoms with van der Waals surface area (Å²) < 4.78 is 72.4. The van der Waals surface area contributed by atoms with Crippen molar-refractivity contribution < 1.29 is 56.8 Å². The lowest BCUT2D eigenvalue weighted by Gasteiger charge is -2.21. The van der Waals surface area contributed by atoms with Gasteiger partial charge < -0.3 is 56.8 Å². The summed E-state index contributed by atoms with van der Waals surface area (Å²) in [4.78, 5) is 0. The van der Waals surface area contributed by atoms with Crippen LogP contribution in [-0.2, 0) is 82.3 Å². The summed E-state index contributed by atoms with van der Waals surface area (Å²) in [5.74, 6) is 1.84. The van der Waals surface area contributed by atoms with Gasteiger partial charge in [-0.15, -0.1) is 0 Å². The Hall–Kier alpha value is -1.86. The van der Waals surface area contributed by atoms with E-state index < -0.39 is 0 Å². The van der Waals surface area contributed by atoms with E-state index in [1.54, 1.807) is 21.3 Å². The maximum absolute atomic E-state index is 6.32. The number of ether oxygens (including phenoxy) is 12. The molecule has 4 rings (SSSR count). The summed E-state index contributed by atoms with van der Waals surface area (Å²) in [5, 5.41) is 0. The summed E-state index contributed by atoms with van der Waals surface area (Å²) in [5.41, 5.74) is 4.86. The number of hydrogen-bond donors (Lipinski definition) is 0. The van der Waals surface area contributed by atoms with E-state index in [0.29, 0.717) is 56.9 Å². The molecule has 1 aliphatic heterocycles. The van der Waals surface area contributed by atoms with Gasteiger partial charge in [-0.3, -0.25) is 0 Å². The molecular formula is C36H45Br3O12. The van der Waals surface area contributed by atoms with Crippen LogP contribution in [0.15, 0.2) is 49.8 Å². The lowest BCUT2D eigenvalue weighted by molar-refractivity contribution is -0.0135. The van der Waals surface area contributed by atoms with E-state index >= 15 is 0 Å². The zero-order valence-electron chi connectivity index (χ0n) is 29.1. The number of methoxy groups -OCH3 is 3. The van der Waals surface area contributed by atoms with Crippen molar-refractivity contribution in [3.63, 3.8) is 0 Å². The van der Waals surface area contributed by atoms with Crippen molar-refractivity contribution in [1.82, 2.24) is 0 Å². The van der Waals surface area contributed by atoms with Gasteiger partial charge in [-0.05, 0) is 36.4 Å². The van der Waals surface area contributed by atoms with E-state index in [9.17, 15) is 0 Å². The molecule has 0 fully saturated rings. The lowest BCUT2D eigenvalue weighted by Crippen LogP contribution is -2.13. The predicted octanol–water partition coefficient (Wildman–Crippen LogP) is 7.44. The van der Waals surface area contributed by atoms with Crippen LogP contribution in [0, 0.1) is 0 Å². The summed E-state index contributed by atoms with van der Waals surface area (Å²) in [7, 11) is 4.87. The summed E-state index contributed by atoms with van der Waals surface area (Å²) in [6.07, 6.45) is 0. The minimum atomic E-state index is 0.0249. The third-order valence-corrected chi connectivity index (χ3v) is 8.70. The van der Waals surface area contributed by atoms with Gasteiger partial charge in [0.15, 0.2) is 20.4 Å². The van der Waals surface area contributed by atoms with Gasteiger partial charge >= 0.3 is 0 Å². The Morgan fingerprint density at radius 1 is 0.412 bits per heavy atom. The number of halogens is 3. The standard InChI is InChI=1S/C36H45Br3O12/c1-40-4-7-43-22-49-34-25-10-31(37)11-26(34)17-47-19-28-13-33(39)15-30(36(28)51-24-45-9-6-42-3)21-48-20-29-14-32(38)12-27(18-46-16-25)35(29)50-23-44-8-5-41-2/h10-15H,4-9,16-24H2,1-3H3. The topological polar surface area (TPSA) is 111 Å². The van der Waals surface area contributed by atoms with E-state index in [-0.39, 0.29) is 60.0 Å². The Kier molecular flexibility index (Phi) is 19.5. The van der Waals surface area contributed by atoms with Gasteiger partial charge in [-0.1, -0.05) is 47.8 Å². The smallest absolute Gasteiger partial charge is 0.189 e. The molecule has 0 saturated carbocycles. The van der Waals surface area contributed by atoms with Crippen LogP contribution in [-0.4, -0.2) is 81.3 Å². The van der Waals surface area contributed by atoms with Crippen LogP contribution in [0.4, 0.5) is 0 Å². The predicted molar refractivity (Wildman–Crippen MR) is 198 cm³/mol. The van der Waals surface area contributed by atoms with Crippen molar-refractivity contribution >= 4 is 47.8 Å². The second kappa shape index (κ2) is 23.7. The van der Waals surface area contributed by atoms with Gasteiger partial charge in [-0.2, -0.15) is 0 Å². The fourth-order valence-corrected chi connectivity index (χ4v) is 6.71. The largest absolute Gasteiger partial charge is 0.467 e. The minimum absolute atomic E-state index is 0.0249. The molecule has 0 atom stereocenters. The van der Waals surface area contributed by atoms with Crippen LogP contribution >= 0.6 is 47.8 Å².